The first kappa shape index (κ1) is 9.56. The lowest BCUT2D eigenvalue weighted by molar-refractivity contribution is -0.141. The summed E-state index contributed by atoms with van der Waals surface area (Å²) in [4.78, 5) is 0. The van der Waals surface area contributed by atoms with E-state index in [1.54, 1.807) is 0 Å². The number of hydrogen-bond donors (Lipinski definition) is 2. The van der Waals surface area contributed by atoms with Gasteiger partial charge in [-0.2, -0.15) is 23.4 Å². The van der Waals surface area contributed by atoms with Gasteiger partial charge in [-0.05, 0) is 13.0 Å². The molecular formula is C6H7F3N4. The smallest absolute Gasteiger partial charge is 0.323 e. The average Bonchev–Trinajstić information content (AvgIpc) is 2.50. The number of alkyl halides is 3. The minimum Gasteiger partial charge on any atom is -0.323 e. The summed E-state index contributed by atoms with van der Waals surface area (Å²) >= 11 is 0. The molecule has 0 fully saturated rings. The third-order valence-electron chi connectivity index (χ3n) is 1.45. The number of nitrogens with one attached hydrogen (secondary N) is 1. The van der Waals surface area contributed by atoms with Crippen molar-refractivity contribution in [2.75, 3.05) is 0 Å². The summed E-state index contributed by atoms with van der Waals surface area (Å²) in [6.07, 6.45) is -4.42. The van der Waals surface area contributed by atoms with Gasteiger partial charge in [0, 0.05) is 0 Å². The predicted octanol–water partition coefficient (Wildman–Crippen LogP) is 1.11. The standard InChI is InChI=1S/C6H7F3N4/c1-3(11-10)4-2-5(13-12-4)6(7,8)9/h2H,10H2,1H3,(H,12,13). The summed E-state index contributed by atoms with van der Waals surface area (Å²) in [6, 6.07) is 0.853. The summed E-state index contributed by atoms with van der Waals surface area (Å²) in [5, 5.41) is 8.47. The zero-order chi connectivity index (χ0) is 10.1. The lowest BCUT2D eigenvalue weighted by Gasteiger charge is -1.99. The van der Waals surface area contributed by atoms with E-state index < -0.39 is 11.9 Å². The van der Waals surface area contributed by atoms with Gasteiger partial charge >= 0.3 is 6.18 Å². The van der Waals surface area contributed by atoms with Gasteiger partial charge in [0.05, 0.1) is 5.71 Å². The van der Waals surface area contributed by atoms with Gasteiger partial charge in [-0.1, -0.05) is 0 Å². The van der Waals surface area contributed by atoms with E-state index in [-0.39, 0.29) is 11.4 Å². The Balaban J connectivity index is 3.00. The molecule has 0 saturated carbocycles. The first-order chi connectivity index (χ1) is 5.95. The van der Waals surface area contributed by atoms with Crippen LogP contribution in [0.25, 0.3) is 0 Å². The Kier molecular flexibility index (Phi) is 2.26. The molecule has 72 valence electrons. The Labute approximate surface area is 71.6 Å². The monoisotopic (exact) mass is 192 g/mol. The van der Waals surface area contributed by atoms with Crippen LogP contribution in [0.5, 0.6) is 0 Å². The molecule has 4 nitrogen and oxygen atoms in total. The number of halogens is 3. The zero-order valence-corrected chi connectivity index (χ0v) is 6.68. The van der Waals surface area contributed by atoms with Crippen LogP contribution in [-0.4, -0.2) is 15.9 Å². The minimum absolute atomic E-state index is 0.0924. The van der Waals surface area contributed by atoms with E-state index in [2.05, 4.69) is 10.2 Å². The number of nitrogens with zero attached hydrogens (tertiary/aromatic N) is 2. The number of nitrogens with two attached hydrogens (primary N) is 1. The number of H-pyrrole nitrogens is 1. The van der Waals surface area contributed by atoms with E-state index in [9.17, 15) is 13.2 Å². The molecule has 3 N–H and O–H groups in total. The quantitative estimate of drug-likeness (QED) is 0.397. The van der Waals surface area contributed by atoms with E-state index in [1.807, 2.05) is 5.10 Å². The number of hydrogen-bond acceptors (Lipinski definition) is 3. The second-order valence-electron chi connectivity index (χ2n) is 2.38. The molecule has 0 atom stereocenters. The van der Waals surface area contributed by atoms with E-state index >= 15 is 0 Å². The summed E-state index contributed by atoms with van der Waals surface area (Å²) in [5.74, 6) is 4.88. The number of aromatic amines is 1. The highest BCUT2D eigenvalue weighted by Gasteiger charge is 2.33. The van der Waals surface area contributed by atoms with Gasteiger partial charge < -0.3 is 5.84 Å². The molecule has 0 aromatic carbocycles. The molecular weight excluding hydrogens is 185 g/mol. The van der Waals surface area contributed by atoms with Crippen LogP contribution >= 0.6 is 0 Å². The van der Waals surface area contributed by atoms with Gasteiger partial charge in [0.15, 0.2) is 0 Å². The normalized spacial score (nSPS) is 13.4. The second-order valence-corrected chi connectivity index (χ2v) is 2.38. The van der Waals surface area contributed by atoms with Crippen LogP contribution in [-0.2, 0) is 6.18 Å². The molecule has 0 aliphatic heterocycles. The maximum absolute atomic E-state index is 12.0. The first-order valence-electron chi connectivity index (χ1n) is 3.32. The van der Waals surface area contributed by atoms with Crippen molar-refractivity contribution in [2.45, 2.75) is 13.1 Å². The SMILES string of the molecule is CC(=NN)c1cc(C(F)(F)F)[nH]n1. The lowest BCUT2D eigenvalue weighted by Crippen LogP contribution is -2.04. The Hall–Kier alpha value is -1.53. The molecule has 0 amide bonds. The molecule has 1 rings (SSSR count). The molecule has 1 aromatic rings. The summed E-state index contributed by atoms with van der Waals surface area (Å²) in [5.41, 5.74) is -0.577. The Morgan fingerprint density at radius 3 is 2.62 bits per heavy atom. The topological polar surface area (TPSA) is 67.1 Å². The molecule has 13 heavy (non-hydrogen) atoms. The Morgan fingerprint density at radius 1 is 1.62 bits per heavy atom. The highest BCUT2D eigenvalue weighted by molar-refractivity contribution is 5.96. The largest absolute Gasteiger partial charge is 0.432 e. The van der Waals surface area contributed by atoms with Crippen molar-refractivity contribution in [3.63, 3.8) is 0 Å². The van der Waals surface area contributed by atoms with Crippen molar-refractivity contribution >= 4 is 5.71 Å². The second kappa shape index (κ2) is 3.08. The molecule has 0 radical (unpaired) electrons. The fraction of sp³-hybridized carbons (Fsp3) is 0.333. The molecule has 1 heterocycles. The maximum atomic E-state index is 12.0. The molecule has 0 unspecified atom stereocenters. The van der Waals surface area contributed by atoms with Crippen molar-refractivity contribution in [3.05, 3.63) is 17.5 Å². The number of hydrazone groups is 1. The van der Waals surface area contributed by atoms with E-state index in [1.165, 1.54) is 6.92 Å². The molecule has 7 heteroatoms. The molecule has 0 aliphatic rings. The molecule has 0 bridgehead atoms. The third kappa shape index (κ3) is 1.98. The van der Waals surface area contributed by atoms with Gasteiger partial charge in [0.2, 0.25) is 0 Å². The van der Waals surface area contributed by atoms with Crippen LogP contribution in [0, 0.1) is 0 Å². The predicted molar refractivity (Wildman–Crippen MR) is 40.0 cm³/mol. The van der Waals surface area contributed by atoms with Crippen LogP contribution in [0.4, 0.5) is 13.2 Å². The Morgan fingerprint density at radius 2 is 2.23 bits per heavy atom. The van der Waals surface area contributed by atoms with Crippen molar-refractivity contribution in [1.29, 1.82) is 0 Å². The van der Waals surface area contributed by atoms with Gasteiger partial charge in [-0.25, -0.2) is 0 Å². The average molecular weight is 192 g/mol. The van der Waals surface area contributed by atoms with Crippen molar-refractivity contribution in [3.8, 4) is 0 Å². The van der Waals surface area contributed by atoms with Gasteiger partial charge in [-0.3, -0.25) is 5.10 Å². The van der Waals surface area contributed by atoms with Crippen LogP contribution in [0.15, 0.2) is 11.2 Å². The van der Waals surface area contributed by atoms with Gasteiger partial charge in [0.25, 0.3) is 0 Å². The van der Waals surface area contributed by atoms with Crippen LogP contribution in [0.2, 0.25) is 0 Å². The van der Waals surface area contributed by atoms with Gasteiger partial charge in [0.1, 0.15) is 11.4 Å². The molecule has 0 saturated heterocycles. The Bertz CT molecular complexity index is 325. The van der Waals surface area contributed by atoms with Crippen LogP contribution in [0.1, 0.15) is 18.3 Å². The molecule has 1 aromatic heterocycles. The van der Waals surface area contributed by atoms with E-state index in [0.29, 0.717) is 0 Å². The zero-order valence-electron chi connectivity index (χ0n) is 6.68. The highest BCUT2D eigenvalue weighted by atomic mass is 19.4. The maximum Gasteiger partial charge on any atom is 0.432 e. The van der Waals surface area contributed by atoms with Crippen LogP contribution in [0.3, 0.4) is 0 Å². The van der Waals surface area contributed by atoms with E-state index in [0.717, 1.165) is 6.07 Å². The van der Waals surface area contributed by atoms with Crippen LogP contribution < -0.4 is 5.84 Å². The van der Waals surface area contributed by atoms with Crippen molar-refractivity contribution < 1.29 is 13.2 Å². The fourth-order valence-corrected chi connectivity index (χ4v) is 0.718. The van der Waals surface area contributed by atoms with Gasteiger partial charge in [-0.15, -0.1) is 0 Å². The highest BCUT2D eigenvalue weighted by Crippen LogP contribution is 2.27. The first-order valence-corrected chi connectivity index (χ1v) is 3.32. The summed E-state index contributed by atoms with van der Waals surface area (Å²) < 4.78 is 36.1. The third-order valence-corrected chi connectivity index (χ3v) is 1.45. The fourth-order valence-electron chi connectivity index (χ4n) is 0.718. The minimum atomic E-state index is -4.42. The van der Waals surface area contributed by atoms with Crippen molar-refractivity contribution in [1.82, 2.24) is 10.2 Å². The lowest BCUT2D eigenvalue weighted by atomic mass is 10.3. The van der Waals surface area contributed by atoms with Crippen molar-refractivity contribution in [2.24, 2.45) is 10.9 Å². The summed E-state index contributed by atoms with van der Waals surface area (Å²) in [6.45, 7) is 1.47. The summed E-state index contributed by atoms with van der Waals surface area (Å²) in [7, 11) is 0. The number of rotatable bonds is 1. The van der Waals surface area contributed by atoms with E-state index in [4.69, 9.17) is 5.84 Å². The molecule has 0 spiro atoms. The number of aromatic nitrogens is 2. The molecule has 0 aliphatic carbocycles.